The van der Waals surface area contributed by atoms with Crippen LogP contribution in [0.3, 0.4) is 0 Å². The van der Waals surface area contributed by atoms with Crippen LogP contribution in [0.15, 0.2) is 42.7 Å². The Hall–Kier alpha value is -3.64. The number of ether oxygens (including phenoxy) is 1. The fraction of sp³-hybridized carbons (Fsp3) is 0.333. The van der Waals surface area contributed by atoms with Gasteiger partial charge < -0.3 is 24.0 Å². The molecule has 0 saturated carbocycles. The number of rotatable bonds is 8. The van der Waals surface area contributed by atoms with Crippen molar-refractivity contribution < 1.29 is 36.6 Å². The number of aromatic nitrogens is 4. The summed E-state index contributed by atoms with van der Waals surface area (Å²) in [6.07, 6.45) is 3.27. The first kappa shape index (κ1) is 27.5. The van der Waals surface area contributed by atoms with Crippen molar-refractivity contribution in [1.29, 1.82) is 0 Å². The van der Waals surface area contributed by atoms with E-state index in [1.165, 1.54) is 30.6 Å². The summed E-state index contributed by atoms with van der Waals surface area (Å²) < 4.78 is 59.2. The standard InChI is InChI=1S/C27H25F3N5O5P/c1-4-38-41(37)40-27(2,3)25-31-11-13(12-32-25)15-8-19-17(9-16(15)28)33-23-18-10-20(35(19)23)22-14(24(36)34-18)6-5-7-21(22)39-26(29)30/h5-9,11-12,18,20,26,37H,4,10H2,1-3H3,(H,34,36)/t18-,20-,41?/m1/s1. The highest BCUT2D eigenvalue weighted by Gasteiger charge is 2.42. The van der Waals surface area contributed by atoms with Crippen LogP contribution in [0.25, 0.3) is 22.2 Å². The molecule has 10 nitrogen and oxygen atoms in total. The second-order valence-corrected chi connectivity index (χ2v) is 11.0. The summed E-state index contributed by atoms with van der Waals surface area (Å²) in [6.45, 7) is 2.29. The van der Waals surface area contributed by atoms with Gasteiger partial charge in [-0.3, -0.25) is 9.32 Å². The van der Waals surface area contributed by atoms with Crippen LogP contribution in [0.4, 0.5) is 13.2 Å². The lowest BCUT2D eigenvalue weighted by molar-refractivity contribution is -0.0507. The van der Waals surface area contributed by atoms with E-state index in [-0.39, 0.29) is 29.3 Å². The van der Waals surface area contributed by atoms with Gasteiger partial charge >= 0.3 is 15.2 Å². The summed E-state index contributed by atoms with van der Waals surface area (Å²) >= 11 is 0. The average molecular weight is 587 g/mol. The molecule has 2 aliphatic rings. The van der Waals surface area contributed by atoms with Gasteiger partial charge in [0, 0.05) is 40.7 Å². The van der Waals surface area contributed by atoms with Gasteiger partial charge in [0.25, 0.3) is 5.91 Å². The molecule has 0 radical (unpaired) electrons. The van der Waals surface area contributed by atoms with E-state index in [9.17, 15) is 18.5 Å². The largest absolute Gasteiger partial charge is 0.434 e. The van der Waals surface area contributed by atoms with Crippen molar-refractivity contribution in [3.8, 4) is 16.9 Å². The minimum absolute atomic E-state index is 0.0972. The van der Waals surface area contributed by atoms with Crippen LogP contribution in [0, 0.1) is 5.82 Å². The smallest absolute Gasteiger partial charge is 0.387 e. The first-order valence-electron chi connectivity index (χ1n) is 12.8. The molecule has 1 amide bonds. The predicted molar refractivity (Wildman–Crippen MR) is 142 cm³/mol. The van der Waals surface area contributed by atoms with Crippen molar-refractivity contribution in [2.45, 2.75) is 51.5 Å². The molecule has 0 fully saturated rings. The summed E-state index contributed by atoms with van der Waals surface area (Å²) in [5.41, 5.74) is 0.953. The lowest BCUT2D eigenvalue weighted by Crippen LogP contribution is -2.28. The molecular weight excluding hydrogens is 562 g/mol. The van der Waals surface area contributed by atoms with E-state index in [0.29, 0.717) is 34.4 Å². The molecular formula is C27H25F3N5O5P. The Kier molecular flexibility index (Phi) is 6.93. The number of benzene rings is 2. The van der Waals surface area contributed by atoms with E-state index in [1.54, 1.807) is 32.9 Å². The molecule has 0 aliphatic carbocycles. The van der Waals surface area contributed by atoms with Gasteiger partial charge in [-0.05, 0) is 45.4 Å². The number of amides is 1. The zero-order chi connectivity index (χ0) is 29.1. The van der Waals surface area contributed by atoms with Gasteiger partial charge in [0.2, 0.25) is 0 Å². The maximum atomic E-state index is 15.4. The SMILES string of the molecule is CCOP(O)OC(C)(C)c1ncc(-c2cc3c(cc2F)nc2n3[C@@H]3C[C@H]2NC(=O)c2cccc(OC(F)F)c23)cn1. The Labute approximate surface area is 233 Å². The first-order valence-corrected chi connectivity index (χ1v) is 13.9. The predicted octanol–water partition coefficient (Wildman–Crippen LogP) is 5.52. The Bertz CT molecular complexity index is 1650. The number of nitrogens with one attached hydrogen (secondary N) is 1. The highest BCUT2D eigenvalue weighted by Crippen LogP contribution is 2.48. The number of nitrogens with zero attached hydrogens (tertiary/aromatic N) is 4. The zero-order valence-electron chi connectivity index (χ0n) is 22.1. The maximum absolute atomic E-state index is 15.4. The van der Waals surface area contributed by atoms with Gasteiger partial charge in [-0.25, -0.2) is 19.3 Å². The molecule has 41 heavy (non-hydrogen) atoms. The van der Waals surface area contributed by atoms with E-state index in [1.807, 2.05) is 4.57 Å². The molecule has 6 rings (SSSR count). The average Bonchev–Trinajstić information content (AvgIpc) is 3.39. The van der Waals surface area contributed by atoms with Crippen LogP contribution < -0.4 is 10.1 Å². The molecule has 4 heterocycles. The fourth-order valence-corrected chi connectivity index (χ4v) is 6.15. The topological polar surface area (TPSA) is 121 Å². The maximum Gasteiger partial charge on any atom is 0.387 e. The molecule has 2 bridgehead atoms. The second-order valence-electron chi connectivity index (χ2n) is 10.1. The molecule has 3 atom stereocenters. The Balaban J connectivity index is 1.42. The van der Waals surface area contributed by atoms with E-state index in [2.05, 4.69) is 20.3 Å². The van der Waals surface area contributed by atoms with Gasteiger partial charge in [0.05, 0.1) is 29.7 Å². The molecule has 14 heteroatoms. The molecule has 1 unspecified atom stereocenters. The highest BCUT2D eigenvalue weighted by molar-refractivity contribution is 7.40. The quantitative estimate of drug-likeness (QED) is 0.259. The molecule has 2 aliphatic heterocycles. The number of imidazole rings is 1. The van der Waals surface area contributed by atoms with E-state index in [4.69, 9.17) is 13.8 Å². The molecule has 214 valence electrons. The number of hydrogen-bond acceptors (Lipinski definition) is 8. The molecule has 4 aromatic rings. The molecule has 2 aromatic carbocycles. The monoisotopic (exact) mass is 587 g/mol. The number of alkyl halides is 2. The van der Waals surface area contributed by atoms with Crippen molar-refractivity contribution in [2.24, 2.45) is 0 Å². The van der Waals surface area contributed by atoms with Gasteiger partial charge in [-0.15, -0.1) is 0 Å². The van der Waals surface area contributed by atoms with Crippen molar-refractivity contribution in [3.05, 3.63) is 71.3 Å². The van der Waals surface area contributed by atoms with Crippen LogP contribution >= 0.6 is 8.60 Å². The van der Waals surface area contributed by atoms with E-state index >= 15 is 4.39 Å². The van der Waals surface area contributed by atoms with Crippen molar-refractivity contribution >= 4 is 25.5 Å². The third-order valence-corrected chi connectivity index (χ3v) is 8.19. The van der Waals surface area contributed by atoms with E-state index < -0.39 is 44.6 Å². The summed E-state index contributed by atoms with van der Waals surface area (Å²) in [4.78, 5) is 36.2. The lowest BCUT2D eigenvalue weighted by Gasteiger charge is -2.25. The normalized spacial score (nSPS) is 18.7. The summed E-state index contributed by atoms with van der Waals surface area (Å²) in [6, 6.07) is 6.29. The Morgan fingerprint density at radius 2 is 1.98 bits per heavy atom. The minimum atomic E-state index is -3.08. The van der Waals surface area contributed by atoms with Gasteiger partial charge in [-0.1, -0.05) is 6.07 Å². The molecule has 0 saturated heterocycles. The van der Waals surface area contributed by atoms with Crippen molar-refractivity contribution in [1.82, 2.24) is 24.8 Å². The number of carbonyl (C=O) groups is 1. The number of halogens is 3. The van der Waals surface area contributed by atoms with Crippen molar-refractivity contribution in [3.63, 3.8) is 0 Å². The number of fused-ring (bicyclic) bond motifs is 9. The number of carbonyl (C=O) groups excluding carboxylic acids is 1. The summed E-state index contributed by atoms with van der Waals surface area (Å²) in [7, 11) is -2.13. The molecule has 2 N–H and O–H groups in total. The van der Waals surface area contributed by atoms with Crippen LogP contribution in [0.5, 0.6) is 5.75 Å². The minimum Gasteiger partial charge on any atom is -0.434 e. The van der Waals surface area contributed by atoms with Crippen LogP contribution in [-0.2, 0) is 14.6 Å². The lowest BCUT2D eigenvalue weighted by atomic mass is 9.97. The highest BCUT2D eigenvalue weighted by atomic mass is 31.2. The van der Waals surface area contributed by atoms with Gasteiger partial charge in [0.1, 0.15) is 23.0 Å². The van der Waals surface area contributed by atoms with Crippen LogP contribution in [0.2, 0.25) is 0 Å². The van der Waals surface area contributed by atoms with Crippen molar-refractivity contribution in [2.75, 3.05) is 6.61 Å². The fourth-order valence-electron chi connectivity index (χ4n) is 5.40. The van der Waals surface area contributed by atoms with Gasteiger partial charge in [-0.2, -0.15) is 8.78 Å². The van der Waals surface area contributed by atoms with E-state index in [0.717, 1.165) is 0 Å². The Morgan fingerprint density at radius 3 is 2.68 bits per heavy atom. The third kappa shape index (κ3) is 4.82. The summed E-state index contributed by atoms with van der Waals surface area (Å²) in [5, 5.41) is 2.91. The zero-order valence-corrected chi connectivity index (χ0v) is 23.0. The molecule has 2 aromatic heterocycles. The Morgan fingerprint density at radius 1 is 1.22 bits per heavy atom. The number of hydrogen-bond donors (Lipinski definition) is 2. The van der Waals surface area contributed by atoms with Gasteiger partial charge in [0.15, 0.2) is 5.82 Å². The molecule has 0 spiro atoms. The summed E-state index contributed by atoms with van der Waals surface area (Å²) in [5.74, 6) is -0.326. The van der Waals surface area contributed by atoms with Crippen LogP contribution in [0.1, 0.15) is 66.8 Å². The van der Waals surface area contributed by atoms with Crippen LogP contribution in [-0.4, -0.2) is 43.5 Å². The first-order chi connectivity index (χ1) is 19.6. The third-order valence-electron chi connectivity index (χ3n) is 7.10. The second kappa shape index (κ2) is 10.3.